The molecule has 3 amide bonds. The van der Waals surface area contributed by atoms with Crippen molar-refractivity contribution in [3.05, 3.63) is 22.6 Å². The number of aryl methyl sites for hydroxylation is 2. The summed E-state index contributed by atoms with van der Waals surface area (Å²) in [5.41, 5.74) is 6.68. The Morgan fingerprint density at radius 1 is 1.33 bits per heavy atom. The summed E-state index contributed by atoms with van der Waals surface area (Å²) in [5, 5.41) is 2.62. The van der Waals surface area contributed by atoms with Crippen LogP contribution in [0.1, 0.15) is 40.3 Å². The molecular formula is C15H23N3O3. The average molecular weight is 293 g/mol. The van der Waals surface area contributed by atoms with Crippen molar-refractivity contribution >= 4 is 11.9 Å². The van der Waals surface area contributed by atoms with Gasteiger partial charge < -0.3 is 20.4 Å². The van der Waals surface area contributed by atoms with Gasteiger partial charge in [0.2, 0.25) is 0 Å². The van der Waals surface area contributed by atoms with Crippen LogP contribution in [0.5, 0.6) is 0 Å². The van der Waals surface area contributed by atoms with Crippen molar-refractivity contribution in [2.24, 2.45) is 11.7 Å². The molecule has 1 aliphatic heterocycles. The molecule has 0 unspecified atom stereocenters. The molecule has 2 heterocycles. The summed E-state index contributed by atoms with van der Waals surface area (Å²) in [5.74, 6) is 1.74. The lowest BCUT2D eigenvalue weighted by Crippen LogP contribution is -2.44. The zero-order valence-corrected chi connectivity index (χ0v) is 12.9. The molecule has 0 saturated carbocycles. The standard InChI is InChI=1S/C15H23N3O3/c1-9-10(2)21-11(3)13(9)14(19)18-6-4-5-12(8-18)7-17-15(16)20/h12H,4-8H2,1-3H3,(H3,16,17,20)/t12-/m0/s1. The molecule has 116 valence electrons. The zero-order valence-electron chi connectivity index (χ0n) is 12.9. The number of nitrogens with zero attached hydrogens (tertiary/aromatic N) is 1. The molecule has 2 rings (SSSR count). The van der Waals surface area contributed by atoms with E-state index >= 15 is 0 Å². The molecule has 3 N–H and O–H groups in total. The van der Waals surface area contributed by atoms with E-state index in [9.17, 15) is 9.59 Å². The van der Waals surface area contributed by atoms with Crippen molar-refractivity contribution in [1.29, 1.82) is 0 Å². The van der Waals surface area contributed by atoms with Gasteiger partial charge in [-0.25, -0.2) is 4.79 Å². The van der Waals surface area contributed by atoms with Crippen LogP contribution in [0.3, 0.4) is 0 Å². The van der Waals surface area contributed by atoms with Crippen LogP contribution in [0.25, 0.3) is 0 Å². The van der Waals surface area contributed by atoms with E-state index in [0.29, 0.717) is 24.4 Å². The van der Waals surface area contributed by atoms with E-state index < -0.39 is 6.03 Å². The van der Waals surface area contributed by atoms with Crippen molar-refractivity contribution in [2.45, 2.75) is 33.6 Å². The van der Waals surface area contributed by atoms with E-state index in [1.165, 1.54) is 0 Å². The Labute approximate surface area is 124 Å². The molecule has 0 bridgehead atoms. The molecule has 0 aliphatic carbocycles. The first-order chi connectivity index (χ1) is 9.90. The molecule has 0 aromatic carbocycles. The first-order valence-corrected chi connectivity index (χ1v) is 7.29. The fraction of sp³-hybridized carbons (Fsp3) is 0.600. The minimum Gasteiger partial charge on any atom is -0.466 e. The normalized spacial score (nSPS) is 18.6. The lowest BCUT2D eigenvalue weighted by molar-refractivity contribution is 0.0672. The number of hydrogen-bond acceptors (Lipinski definition) is 3. The maximum absolute atomic E-state index is 12.7. The lowest BCUT2D eigenvalue weighted by Gasteiger charge is -2.32. The van der Waals surface area contributed by atoms with Crippen molar-refractivity contribution in [3.8, 4) is 0 Å². The number of nitrogens with one attached hydrogen (secondary N) is 1. The summed E-state index contributed by atoms with van der Waals surface area (Å²) >= 11 is 0. The summed E-state index contributed by atoms with van der Waals surface area (Å²) in [6, 6.07) is -0.518. The van der Waals surface area contributed by atoms with E-state index in [1.54, 1.807) is 0 Å². The molecule has 1 aliphatic rings. The van der Waals surface area contributed by atoms with Crippen LogP contribution in [-0.4, -0.2) is 36.5 Å². The van der Waals surface area contributed by atoms with Crippen molar-refractivity contribution in [1.82, 2.24) is 10.2 Å². The van der Waals surface area contributed by atoms with Gasteiger partial charge >= 0.3 is 6.03 Å². The number of rotatable bonds is 3. The van der Waals surface area contributed by atoms with Gasteiger partial charge in [-0.05, 0) is 39.5 Å². The Hall–Kier alpha value is -1.98. The third kappa shape index (κ3) is 3.37. The first-order valence-electron chi connectivity index (χ1n) is 7.29. The highest BCUT2D eigenvalue weighted by Gasteiger charge is 2.28. The highest BCUT2D eigenvalue weighted by Crippen LogP contribution is 2.25. The Morgan fingerprint density at radius 2 is 2.05 bits per heavy atom. The van der Waals surface area contributed by atoms with Crippen LogP contribution in [0.15, 0.2) is 4.42 Å². The molecule has 1 fully saturated rings. The number of nitrogens with two attached hydrogens (primary N) is 1. The van der Waals surface area contributed by atoms with Crippen molar-refractivity contribution in [3.63, 3.8) is 0 Å². The van der Waals surface area contributed by atoms with Crippen LogP contribution in [-0.2, 0) is 0 Å². The van der Waals surface area contributed by atoms with Gasteiger partial charge in [0.1, 0.15) is 11.5 Å². The molecule has 0 spiro atoms. The van der Waals surface area contributed by atoms with Crippen LogP contribution in [0, 0.1) is 26.7 Å². The fourth-order valence-corrected chi connectivity index (χ4v) is 2.93. The van der Waals surface area contributed by atoms with Gasteiger partial charge in [-0.3, -0.25) is 4.79 Å². The number of amides is 3. The van der Waals surface area contributed by atoms with E-state index in [0.717, 1.165) is 30.7 Å². The van der Waals surface area contributed by atoms with Gasteiger partial charge in [-0.1, -0.05) is 0 Å². The molecular weight excluding hydrogens is 270 g/mol. The second kappa shape index (κ2) is 6.20. The summed E-state index contributed by atoms with van der Waals surface area (Å²) in [6.45, 7) is 7.51. The number of carbonyl (C=O) groups is 2. The van der Waals surface area contributed by atoms with Crippen LogP contribution >= 0.6 is 0 Å². The second-order valence-electron chi connectivity index (χ2n) is 5.72. The third-order valence-corrected chi connectivity index (χ3v) is 4.15. The Morgan fingerprint density at radius 3 is 2.62 bits per heavy atom. The average Bonchev–Trinajstić information content (AvgIpc) is 2.69. The molecule has 0 radical (unpaired) electrons. The van der Waals surface area contributed by atoms with Gasteiger partial charge in [0.25, 0.3) is 5.91 Å². The van der Waals surface area contributed by atoms with Crippen LogP contribution in [0.4, 0.5) is 4.79 Å². The fourth-order valence-electron chi connectivity index (χ4n) is 2.93. The van der Waals surface area contributed by atoms with Gasteiger partial charge in [-0.15, -0.1) is 0 Å². The van der Waals surface area contributed by atoms with E-state index in [1.807, 2.05) is 25.7 Å². The molecule has 1 atom stereocenters. The second-order valence-corrected chi connectivity index (χ2v) is 5.72. The quantitative estimate of drug-likeness (QED) is 0.889. The molecule has 6 heteroatoms. The summed E-state index contributed by atoms with van der Waals surface area (Å²) in [7, 11) is 0. The Balaban J connectivity index is 2.07. The number of carbonyl (C=O) groups excluding carboxylic acids is 2. The summed E-state index contributed by atoms with van der Waals surface area (Å²) in [6.07, 6.45) is 1.93. The predicted molar refractivity (Wildman–Crippen MR) is 79.1 cm³/mol. The first kappa shape index (κ1) is 15.4. The van der Waals surface area contributed by atoms with Gasteiger partial charge in [-0.2, -0.15) is 0 Å². The highest BCUT2D eigenvalue weighted by atomic mass is 16.3. The van der Waals surface area contributed by atoms with Gasteiger partial charge in [0.15, 0.2) is 0 Å². The van der Waals surface area contributed by atoms with Crippen molar-refractivity contribution in [2.75, 3.05) is 19.6 Å². The predicted octanol–water partition coefficient (Wildman–Crippen LogP) is 1.73. The number of hydrogen-bond donors (Lipinski definition) is 2. The topological polar surface area (TPSA) is 88.6 Å². The maximum Gasteiger partial charge on any atom is 0.312 e. The number of likely N-dealkylation sites (tertiary alicyclic amines) is 1. The molecule has 1 saturated heterocycles. The Bertz CT molecular complexity index is 551. The molecule has 1 aromatic heterocycles. The van der Waals surface area contributed by atoms with Crippen LogP contribution in [0.2, 0.25) is 0 Å². The van der Waals surface area contributed by atoms with Crippen molar-refractivity contribution < 1.29 is 14.0 Å². The van der Waals surface area contributed by atoms with E-state index in [2.05, 4.69) is 5.32 Å². The van der Waals surface area contributed by atoms with E-state index in [-0.39, 0.29) is 11.8 Å². The molecule has 21 heavy (non-hydrogen) atoms. The minimum atomic E-state index is -0.518. The molecule has 6 nitrogen and oxygen atoms in total. The minimum absolute atomic E-state index is 0.0191. The van der Waals surface area contributed by atoms with Crippen LogP contribution < -0.4 is 11.1 Å². The number of furan rings is 1. The summed E-state index contributed by atoms with van der Waals surface area (Å²) < 4.78 is 5.54. The smallest absolute Gasteiger partial charge is 0.312 e. The number of primary amides is 1. The number of piperidine rings is 1. The summed E-state index contributed by atoms with van der Waals surface area (Å²) in [4.78, 5) is 25.3. The highest BCUT2D eigenvalue weighted by molar-refractivity contribution is 5.97. The Kier molecular flexibility index (Phi) is 4.55. The maximum atomic E-state index is 12.7. The van der Waals surface area contributed by atoms with E-state index in [4.69, 9.17) is 10.2 Å². The molecule has 1 aromatic rings. The monoisotopic (exact) mass is 293 g/mol. The lowest BCUT2D eigenvalue weighted by atomic mass is 9.97. The SMILES string of the molecule is Cc1oc(C)c(C(=O)N2CCC[C@@H](CNC(N)=O)C2)c1C. The third-order valence-electron chi connectivity index (χ3n) is 4.15. The van der Waals surface area contributed by atoms with Gasteiger partial charge in [0, 0.05) is 25.2 Å². The van der Waals surface area contributed by atoms with Gasteiger partial charge in [0.05, 0.1) is 5.56 Å². The zero-order chi connectivity index (χ0) is 15.6. The number of urea groups is 1. The largest absolute Gasteiger partial charge is 0.466 e.